The van der Waals surface area contributed by atoms with Gasteiger partial charge in [0.2, 0.25) is 0 Å². The lowest BCUT2D eigenvalue weighted by atomic mass is 9.89. The molecule has 0 fully saturated rings. The summed E-state index contributed by atoms with van der Waals surface area (Å²) in [5, 5.41) is 18.2. The zero-order valence-electron chi connectivity index (χ0n) is 10.7. The van der Waals surface area contributed by atoms with Gasteiger partial charge in [-0.3, -0.25) is 0 Å². The van der Waals surface area contributed by atoms with Gasteiger partial charge in [0.15, 0.2) is 0 Å². The molecule has 0 radical (unpaired) electrons. The molecule has 3 heteroatoms. The van der Waals surface area contributed by atoms with Crippen molar-refractivity contribution in [3.05, 3.63) is 0 Å². The van der Waals surface area contributed by atoms with Gasteiger partial charge in [0.05, 0.1) is 25.9 Å². The zero-order chi connectivity index (χ0) is 12.1. The molecule has 15 heavy (non-hydrogen) atoms. The molecule has 92 valence electrons. The molecular formula is C12H26O3. The number of rotatable bonds is 6. The molecule has 1 atom stereocenters. The van der Waals surface area contributed by atoms with Gasteiger partial charge in [-0.15, -0.1) is 0 Å². The third-order valence-electron chi connectivity index (χ3n) is 2.38. The van der Waals surface area contributed by atoms with E-state index in [0.29, 0.717) is 6.61 Å². The number of aliphatic hydroxyl groups is 2. The third-order valence-corrected chi connectivity index (χ3v) is 2.38. The van der Waals surface area contributed by atoms with Crippen LogP contribution >= 0.6 is 0 Å². The van der Waals surface area contributed by atoms with Crippen LogP contribution in [-0.4, -0.2) is 36.1 Å². The van der Waals surface area contributed by atoms with Gasteiger partial charge >= 0.3 is 0 Å². The lowest BCUT2D eigenvalue weighted by Gasteiger charge is -2.29. The molecule has 0 amide bonds. The first-order valence-electron chi connectivity index (χ1n) is 5.56. The Hall–Kier alpha value is -0.120. The maximum absolute atomic E-state index is 9.09. The molecule has 1 unspecified atom stereocenters. The standard InChI is InChI=1S/C12H26O3/c1-10(6-11(2,3)4)15-9-12(5,7-13)8-14/h10,13-14H,6-9H2,1-5H3. The summed E-state index contributed by atoms with van der Waals surface area (Å²) >= 11 is 0. The van der Waals surface area contributed by atoms with Crippen LogP contribution in [0.5, 0.6) is 0 Å². The van der Waals surface area contributed by atoms with Crippen molar-refractivity contribution in [2.75, 3.05) is 19.8 Å². The van der Waals surface area contributed by atoms with E-state index < -0.39 is 5.41 Å². The van der Waals surface area contributed by atoms with E-state index in [9.17, 15) is 0 Å². The molecule has 0 rings (SSSR count). The Morgan fingerprint density at radius 3 is 1.87 bits per heavy atom. The molecule has 0 aliphatic heterocycles. The second-order valence-corrected chi connectivity index (χ2v) is 6.01. The minimum Gasteiger partial charge on any atom is -0.396 e. The fourth-order valence-electron chi connectivity index (χ4n) is 1.41. The van der Waals surface area contributed by atoms with E-state index in [2.05, 4.69) is 20.8 Å². The van der Waals surface area contributed by atoms with Crippen LogP contribution < -0.4 is 0 Å². The van der Waals surface area contributed by atoms with Crippen LogP contribution in [0.1, 0.15) is 41.0 Å². The van der Waals surface area contributed by atoms with Crippen molar-refractivity contribution in [3.8, 4) is 0 Å². The molecular weight excluding hydrogens is 192 g/mol. The molecule has 0 spiro atoms. The van der Waals surface area contributed by atoms with E-state index in [4.69, 9.17) is 14.9 Å². The summed E-state index contributed by atoms with van der Waals surface area (Å²) in [4.78, 5) is 0. The molecule has 0 aromatic carbocycles. The largest absolute Gasteiger partial charge is 0.396 e. The molecule has 2 N–H and O–H groups in total. The Morgan fingerprint density at radius 1 is 1.07 bits per heavy atom. The fraction of sp³-hybridized carbons (Fsp3) is 1.00. The minimum atomic E-state index is -0.522. The highest BCUT2D eigenvalue weighted by Gasteiger charge is 2.25. The number of aliphatic hydroxyl groups excluding tert-OH is 2. The second-order valence-electron chi connectivity index (χ2n) is 6.01. The van der Waals surface area contributed by atoms with Crippen LogP contribution in [0.15, 0.2) is 0 Å². The van der Waals surface area contributed by atoms with Crippen LogP contribution in [0.4, 0.5) is 0 Å². The third kappa shape index (κ3) is 6.88. The molecule has 0 saturated carbocycles. The summed E-state index contributed by atoms with van der Waals surface area (Å²) in [6, 6.07) is 0. The van der Waals surface area contributed by atoms with Crippen LogP contribution in [0.25, 0.3) is 0 Å². The summed E-state index contributed by atoms with van der Waals surface area (Å²) in [5.74, 6) is 0. The zero-order valence-corrected chi connectivity index (χ0v) is 10.7. The van der Waals surface area contributed by atoms with Gasteiger partial charge in [-0.05, 0) is 18.8 Å². The molecule has 0 aliphatic carbocycles. The van der Waals surface area contributed by atoms with Gasteiger partial charge in [-0.2, -0.15) is 0 Å². The molecule has 0 aromatic heterocycles. The average Bonchev–Trinajstić information content (AvgIpc) is 2.12. The van der Waals surface area contributed by atoms with E-state index >= 15 is 0 Å². The first-order valence-corrected chi connectivity index (χ1v) is 5.56. The first-order chi connectivity index (χ1) is 6.72. The Morgan fingerprint density at radius 2 is 1.53 bits per heavy atom. The summed E-state index contributed by atoms with van der Waals surface area (Å²) in [7, 11) is 0. The topological polar surface area (TPSA) is 49.7 Å². The predicted molar refractivity (Wildman–Crippen MR) is 61.8 cm³/mol. The normalized spacial score (nSPS) is 15.4. The van der Waals surface area contributed by atoms with Crippen molar-refractivity contribution in [2.45, 2.75) is 47.1 Å². The van der Waals surface area contributed by atoms with Gasteiger partial charge in [-0.1, -0.05) is 27.7 Å². The Labute approximate surface area is 93.5 Å². The van der Waals surface area contributed by atoms with Crippen LogP contribution in [0.3, 0.4) is 0 Å². The highest BCUT2D eigenvalue weighted by Crippen LogP contribution is 2.23. The second kappa shape index (κ2) is 5.83. The van der Waals surface area contributed by atoms with E-state index in [1.54, 1.807) is 0 Å². The van der Waals surface area contributed by atoms with Crippen molar-refractivity contribution in [3.63, 3.8) is 0 Å². The minimum absolute atomic E-state index is 0.0499. The molecule has 0 aromatic rings. The molecule has 0 heterocycles. The average molecular weight is 218 g/mol. The summed E-state index contributed by atoms with van der Waals surface area (Å²) in [5.41, 5.74) is -0.277. The highest BCUT2D eigenvalue weighted by molar-refractivity contribution is 4.73. The van der Waals surface area contributed by atoms with E-state index in [-0.39, 0.29) is 24.7 Å². The van der Waals surface area contributed by atoms with Crippen molar-refractivity contribution >= 4 is 0 Å². The predicted octanol–water partition coefficient (Wildman–Crippen LogP) is 1.82. The van der Waals surface area contributed by atoms with E-state index in [1.165, 1.54) is 0 Å². The highest BCUT2D eigenvalue weighted by atomic mass is 16.5. The quantitative estimate of drug-likeness (QED) is 0.715. The van der Waals surface area contributed by atoms with Crippen LogP contribution in [0.2, 0.25) is 0 Å². The van der Waals surface area contributed by atoms with Crippen LogP contribution in [0, 0.1) is 10.8 Å². The van der Waals surface area contributed by atoms with Crippen molar-refractivity contribution < 1.29 is 14.9 Å². The Balaban J connectivity index is 3.94. The number of ether oxygens (including phenoxy) is 1. The molecule has 3 nitrogen and oxygen atoms in total. The number of hydrogen-bond donors (Lipinski definition) is 2. The van der Waals surface area contributed by atoms with Gasteiger partial charge in [0.1, 0.15) is 0 Å². The lowest BCUT2D eigenvalue weighted by molar-refractivity contribution is -0.0516. The summed E-state index contributed by atoms with van der Waals surface area (Å²) < 4.78 is 5.64. The Kier molecular flexibility index (Phi) is 5.78. The SMILES string of the molecule is CC(CC(C)(C)C)OCC(C)(CO)CO. The van der Waals surface area contributed by atoms with Crippen molar-refractivity contribution in [1.29, 1.82) is 0 Å². The lowest BCUT2D eigenvalue weighted by Crippen LogP contribution is -2.33. The van der Waals surface area contributed by atoms with E-state index in [0.717, 1.165) is 6.42 Å². The maximum atomic E-state index is 9.09. The van der Waals surface area contributed by atoms with Gasteiger partial charge < -0.3 is 14.9 Å². The van der Waals surface area contributed by atoms with Crippen molar-refractivity contribution in [1.82, 2.24) is 0 Å². The Bertz CT molecular complexity index is 168. The number of hydrogen-bond acceptors (Lipinski definition) is 3. The summed E-state index contributed by atoms with van der Waals surface area (Å²) in [6.07, 6.45) is 1.13. The first kappa shape index (κ1) is 14.9. The van der Waals surface area contributed by atoms with Gasteiger partial charge in [0.25, 0.3) is 0 Å². The molecule has 0 saturated heterocycles. The molecule has 0 aliphatic rings. The van der Waals surface area contributed by atoms with Crippen molar-refractivity contribution in [2.24, 2.45) is 10.8 Å². The smallest absolute Gasteiger partial charge is 0.0567 e. The maximum Gasteiger partial charge on any atom is 0.0567 e. The summed E-state index contributed by atoms with van der Waals surface area (Å²) in [6.45, 7) is 10.7. The fourth-order valence-corrected chi connectivity index (χ4v) is 1.41. The molecule has 0 bridgehead atoms. The van der Waals surface area contributed by atoms with Crippen LogP contribution in [-0.2, 0) is 4.74 Å². The van der Waals surface area contributed by atoms with Gasteiger partial charge in [0, 0.05) is 5.41 Å². The van der Waals surface area contributed by atoms with Gasteiger partial charge in [-0.25, -0.2) is 0 Å². The monoisotopic (exact) mass is 218 g/mol. The van der Waals surface area contributed by atoms with E-state index in [1.807, 2.05) is 13.8 Å².